The van der Waals surface area contributed by atoms with E-state index < -0.39 is 0 Å². The highest BCUT2D eigenvalue weighted by atomic mass is 16.5. The van der Waals surface area contributed by atoms with E-state index in [2.05, 4.69) is 15.3 Å². The lowest BCUT2D eigenvalue weighted by Gasteiger charge is -2.34. The largest absolute Gasteiger partial charge is 0.377 e. The van der Waals surface area contributed by atoms with Crippen molar-refractivity contribution in [1.82, 2.24) is 24.9 Å². The third-order valence-electron chi connectivity index (χ3n) is 3.77. The Morgan fingerprint density at radius 3 is 3.10 bits per heavy atom. The number of hydrogen-bond donors (Lipinski definition) is 1. The number of hydrogen-bond acceptors (Lipinski definition) is 4. The van der Waals surface area contributed by atoms with Crippen LogP contribution in [0.1, 0.15) is 34.8 Å². The molecule has 0 spiro atoms. The average Bonchev–Trinajstić information content (AvgIpc) is 3.15. The summed E-state index contributed by atoms with van der Waals surface area (Å²) in [6.45, 7) is 6.30. The summed E-state index contributed by atoms with van der Waals surface area (Å²) in [4.78, 5) is 14.6. The second-order valence-corrected chi connectivity index (χ2v) is 5.09. The maximum Gasteiger partial charge on any atom is 0.275 e. The van der Waals surface area contributed by atoms with Gasteiger partial charge in [-0.3, -0.25) is 14.6 Å². The highest BCUT2D eigenvalue weighted by Gasteiger charge is 2.31. The second-order valence-electron chi connectivity index (χ2n) is 5.09. The number of nitrogens with one attached hydrogen (secondary N) is 1. The molecule has 1 aliphatic rings. The molecule has 21 heavy (non-hydrogen) atoms. The van der Waals surface area contributed by atoms with Gasteiger partial charge in [-0.15, -0.1) is 0 Å². The number of aromatic amines is 1. The summed E-state index contributed by atoms with van der Waals surface area (Å²) in [5.74, 6) is -0.0619. The number of rotatable bonds is 3. The Hall–Kier alpha value is -2.15. The maximum absolute atomic E-state index is 12.7. The Kier molecular flexibility index (Phi) is 3.74. The predicted octanol–water partition coefficient (Wildman–Crippen LogP) is 1.15. The van der Waals surface area contributed by atoms with Crippen LogP contribution in [0.3, 0.4) is 0 Å². The van der Waals surface area contributed by atoms with E-state index in [1.165, 1.54) is 0 Å². The van der Waals surface area contributed by atoms with Crippen LogP contribution in [-0.2, 0) is 11.3 Å². The molecule has 112 valence electrons. The van der Waals surface area contributed by atoms with Gasteiger partial charge in [0.25, 0.3) is 5.91 Å². The van der Waals surface area contributed by atoms with Crippen molar-refractivity contribution in [1.29, 1.82) is 0 Å². The Morgan fingerprint density at radius 2 is 2.43 bits per heavy atom. The van der Waals surface area contributed by atoms with Gasteiger partial charge in [0.2, 0.25) is 0 Å². The van der Waals surface area contributed by atoms with Crippen LogP contribution in [0, 0.1) is 6.92 Å². The second kappa shape index (κ2) is 5.69. The summed E-state index contributed by atoms with van der Waals surface area (Å²) >= 11 is 0. The van der Waals surface area contributed by atoms with Gasteiger partial charge in [0.05, 0.1) is 24.9 Å². The van der Waals surface area contributed by atoms with Crippen LogP contribution in [-0.4, -0.2) is 50.5 Å². The molecule has 0 aromatic carbocycles. The van der Waals surface area contributed by atoms with E-state index in [9.17, 15) is 4.79 Å². The lowest BCUT2D eigenvalue weighted by Crippen LogP contribution is -2.43. The van der Waals surface area contributed by atoms with Gasteiger partial charge in [-0.2, -0.15) is 10.2 Å². The normalized spacial score (nSPS) is 19.0. The number of carbonyl (C=O) groups is 1. The zero-order valence-corrected chi connectivity index (χ0v) is 12.2. The molecule has 3 rings (SSSR count). The standard InChI is InChI=1S/C14H19N5O2/c1-3-19-10(2)8-12(17-19)14(20)18-6-7-21-9-13(18)11-4-5-15-16-11/h4-5,8,13H,3,6-7,9H2,1-2H3,(H,15,16). The van der Waals surface area contributed by atoms with Gasteiger partial charge < -0.3 is 9.64 Å². The first kappa shape index (κ1) is 13.8. The molecule has 2 aromatic heterocycles. The Bertz CT molecular complexity index is 619. The number of nitrogens with zero attached hydrogens (tertiary/aromatic N) is 4. The summed E-state index contributed by atoms with van der Waals surface area (Å²) in [7, 11) is 0. The molecule has 2 aromatic rings. The Morgan fingerprint density at radius 1 is 1.57 bits per heavy atom. The quantitative estimate of drug-likeness (QED) is 0.919. The van der Waals surface area contributed by atoms with Gasteiger partial charge in [0.15, 0.2) is 5.69 Å². The molecule has 1 atom stereocenters. The fourth-order valence-corrected chi connectivity index (χ4v) is 2.64. The van der Waals surface area contributed by atoms with Crippen LogP contribution in [0.5, 0.6) is 0 Å². The molecule has 1 fully saturated rings. The van der Waals surface area contributed by atoms with E-state index in [0.29, 0.717) is 25.5 Å². The monoisotopic (exact) mass is 289 g/mol. The lowest BCUT2D eigenvalue weighted by molar-refractivity contribution is -0.00426. The van der Waals surface area contributed by atoms with Crippen molar-refractivity contribution < 1.29 is 9.53 Å². The van der Waals surface area contributed by atoms with E-state index in [-0.39, 0.29) is 11.9 Å². The number of H-pyrrole nitrogens is 1. The van der Waals surface area contributed by atoms with Crippen molar-refractivity contribution in [3.05, 3.63) is 35.4 Å². The smallest absolute Gasteiger partial charge is 0.275 e. The number of aromatic nitrogens is 4. The molecule has 0 bridgehead atoms. The third-order valence-corrected chi connectivity index (χ3v) is 3.77. The van der Waals surface area contributed by atoms with Gasteiger partial charge in [0.1, 0.15) is 0 Å². The molecular formula is C14H19N5O2. The number of amides is 1. The number of morpholine rings is 1. The first-order valence-electron chi connectivity index (χ1n) is 7.13. The van der Waals surface area contributed by atoms with Crippen molar-refractivity contribution in [2.24, 2.45) is 0 Å². The zero-order chi connectivity index (χ0) is 14.8. The van der Waals surface area contributed by atoms with Crippen molar-refractivity contribution >= 4 is 5.91 Å². The van der Waals surface area contributed by atoms with Gasteiger partial charge in [0, 0.05) is 25.0 Å². The minimum atomic E-state index is -0.138. The molecule has 0 saturated carbocycles. The minimum absolute atomic E-state index is 0.0619. The van der Waals surface area contributed by atoms with Crippen LogP contribution < -0.4 is 0 Å². The Balaban J connectivity index is 1.87. The van der Waals surface area contributed by atoms with E-state index >= 15 is 0 Å². The fourth-order valence-electron chi connectivity index (χ4n) is 2.64. The summed E-state index contributed by atoms with van der Waals surface area (Å²) in [6.07, 6.45) is 1.68. The summed E-state index contributed by atoms with van der Waals surface area (Å²) in [5, 5.41) is 11.3. The highest BCUT2D eigenvalue weighted by Crippen LogP contribution is 2.24. The van der Waals surface area contributed by atoms with Crippen LogP contribution in [0.25, 0.3) is 0 Å². The van der Waals surface area contributed by atoms with Crippen LogP contribution >= 0.6 is 0 Å². The van der Waals surface area contributed by atoms with E-state index in [1.54, 1.807) is 11.1 Å². The molecule has 0 radical (unpaired) electrons. The molecule has 7 nitrogen and oxygen atoms in total. The molecule has 1 saturated heterocycles. The van der Waals surface area contributed by atoms with Crippen molar-refractivity contribution in [3.63, 3.8) is 0 Å². The SMILES string of the molecule is CCn1nc(C(=O)N2CCOCC2c2ccn[nH]2)cc1C. The van der Waals surface area contributed by atoms with Gasteiger partial charge in [-0.25, -0.2) is 0 Å². The molecular weight excluding hydrogens is 270 g/mol. The summed E-state index contributed by atoms with van der Waals surface area (Å²) in [6, 6.07) is 3.57. The third kappa shape index (κ3) is 2.56. The maximum atomic E-state index is 12.7. The molecule has 7 heteroatoms. The first-order chi connectivity index (χ1) is 10.2. The predicted molar refractivity (Wildman–Crippen MR) is 75.8 cm³/mol. The molecule has 3 heterocycles. The topological polar surface area (TPSA) is 76.0 Å². The van der Waals surface area contributed by atoms with E-state index in [4.69, 9.17) is 4.74 Å². The molecule has 1 unspecified atom stereocenters. The van der Waals surface area contributed by atoms with E-state index in [0.717, 1.165) is 17.9 Å². The van der Waals surface area contributed by atoms with Gasteiger partial charge in [-0.1, -0.05) is 0 Å². The minimum Gasteiger partial charge on any atom is -0.377 e. The zero-order valence-electron chi connectivity index (χ0n) is 12.2. The molecule has 1 N–H and O–H groups in total. The van der Waals surface area contributed by atoms with Crippen molar-refractivity contribution in [2.45, 2.75) is 26.4 Å². The van der Waals surface area contributed by atoms with Crippen LogP contribution in [0.15, 0.2) is 18.3 Å². The van der Waals surface area contributed by atoms with Crippen molar-refractivity contribution in [3.8, 4) is 0 Å². The van der Waals surface area contributed by atoms with Crippen LogP contribution in [0.2, 0.25) is 0 Å². The van der Waals surface area contributed by atoms with Crippen LogP contribution in [0.4, 0.5) is 0 Å². The number of ether oxygens (including phenoxy) is 1. The Labute approximate surface area is 122 Å². The molecule has 0 aliphatic carbocycles. The highest BCUT2D eigenvalue weighted by molar-refractivity contribution is 5.92. The molecule has 1 amide bonds. The average molecular weight is 289 g/mol. The molecule has 1 aliphatic heterocycles. The fraction of sp³-hybridized carbons (Fsp3) is 0.500. The summed E-state index contributed by atoms with van der Waals surface area (Å²) in [5.41, 5.74) is 2.36. The number of carbonyl (C=O) groups excluding carboxylic acids is 1. The van der Waals surface area contributed by atoms with Gasteiger partial charge in [-0.05, 0) is 26.0 Å². The lowest BCUT2D eigenvalue weighted by atomic mass is 10.1. The first-order valence-corrected chi connectivity index (χ1v) is 7.13. The van der Waals surface area contributed by atoms with E-state index in [1.807, 2.05) is 30.7 Å². The van der Waals surface area contributed by atoms with Gasteiger partial charge >= 0.3 is 0 Å². The summed E-state index contributed by atoms with van der Waals surface area (Å²) < 4.78 is 7.34. The van der Waals surface area contributed by atoms with Crippen molar-refractivity contribution in [2.75, 3.05) is 19.8 Å². The number of aryl methyl sites for hydroxylation is 2.